The highest BCUT2D eigenvalue weighted by Crippen LogP contribution is 2.19. The first-order chi connectivity index (χ1) is 8.85. The number of aryl methyl sites for hydroxylation is 1. The smallest absolute Gasteiger partial charge is 0.0767 e. The van der Waals surface area contributed by atoms with Crippen molar-refractivity contribution < 1.29 is 0 Å². The van der Waals surface area contributed by atoms with E-state index in [0.29, 0.717) is 0 Å². The van der Waals surface area contributed by atoms with Crippen LogP contribution in [-0.2, 0) is 6.54 Å². The molecule has 2 aromatic rings. The van der Waals surface area contributed by atoms with Gasteiger partial charge in [0.25, 0.3) is 0 Å². The van der Waals surface area contributed by atoms with Gasteiger partial charge in [0, 0.05) is 22.8 Å². The molecule has 1 N–H and O–H groups in total. The first-order valence-electron chi connectivity index (χ1n) is 6.41. The van der Waals surface area contributed by atoms with Crippen molar-refractivity contribution in [3.8, 4) is 5.69 Å². The molecule has 1 heterocycles. The molecular weight excluding hydrogens is 302 g/mol. The van der Waals surface area contributed by atoms with Crippen molar-refractivity contribution in [2.45, 2.75) is 39.8 Å². The first kappa shape index (κ1) is 14.3. The molecule has 102 valence electrons. The molecule has 0 aliphatic carbocycles. The van der Waals surface area contributed by atoms with Gasteiger partial charge in [-0.1, -0.05) is 22.0 Å². The quantitative estimate of drug-likeness (QED) is 0.931. The van der Waals surface area contributed by atoms with Crippen LogP contribution in [0, 0.1) is 6.92 Å². The molecule has 0 fully saturated rings. The second-order valence-electron chi connectivity index (χ2n) is 5.79. The lowest BCUT2D eigenvalue weighted by atomic mass is 10.1. The Labute approximate surface area is 123 Å². The Bertz CT molecular complexity index is 567. The maximum absolute atomic E-state index is 4.59. The Balaban J connectivity index is 2.14. The average Bonchev–Trinajstić information content (AvgIpc) is 2.78. The van der Waals surface area contributed by atoms with Gasteiger partial charge in [-0.05, 0) is 51.5 Å². The summed E-state index contributed by atoms with van der Waals surface area (Å²) in [6.07, 6.45) is 2.00. The van der Waals surface area contributed by atoms with Crippen LogP contribution in [0.15, 0.2) is 34.9 Å². The summed E-state index contributed by atoms with van der Waals surface area (Å²) in [5.41, 5.74) is 3.45. The molecule has 0 atom stereocenters. The van der Waals surface area contributed by atoms with Gasteiger partial charge in [0.05, 0.1) is 11.4 Å². The SMILES string of the molecule is Cc1ccc(-n2ccc(CNC(C)(C)C)n2)cc1Br. The zero-order valence-electron chi connectivity index (χ0n) is 11.9. The highest BCUT2D eigenvalue weighted by Gasteiger charge is 2.10. The van der Waals surface area contributed by atoms with Crippen molar-refractivity contribution in [2.24, 2.45) is 0 Å². The number of hydrogen-bond donors (Lipinski definition) is 1. The molecule has 19 heavy (non-hydrogen) atoms. The van der Waals surface area contributed by atoms with Gasteiger partial charge >= 0.3 is 0 Å². The largest absolute Gasteiger partial charge is 0.306 e. The number of nitrogens with zero attached hydrogens (tertiary/aromatic N) is 2. The first-order valence-corrected chi connectivity index (χ1v) is 7.20. The van der Waals surface area contributed by atoms with Crippen LogP contribution in [0.3, 0.4) is 0 Å². The molecule has 0 saturated carbocycles. The molecular formula is C15H20BrN3. The highest BCUT2D eigenvalue weighted by molar-refractivity contribution is 9.10. The third-order valence-electron chi connectivity index (χ3n) is 2.86. The highest BCUT2D eigenvalue weighted by atomic mass is 79.9. The Kier molecular flexibility index (Phi) is 4.11. The van der Waals surface area contributed by atoms with Gasteiger partial charge in [-0.2, -0.15) is 5.10 Å². The van der Waals surface area contributed by atoms with Crippen molar-refractivity contribution in [3.63, 3.8) is 0 Å². The van der Waals surface area contributed by atoms with E-state index in [4.69, 9.17) is 0 Å². The Morgan fingerprint density at radius 2 is 2.00 bits per heavy atom. The van der Waals surface area contributed by atoms with Gasteiger partial charge in [0.2, 0.25) is 0 Å². The molecule has 0 saturated heterocycles. The fourth-order valence-electron chi connectivity index (χ4n) is 1.68. The topological polar surface area (TPSA) is 29.9 Å². The molecule has 0 aliphatic rings. The Morgan fingerprint density at radius 3 is 2.63 bits per heavy atom. The van der Waals surface area contributed by atoms with Crippen LogP contribution >= 0.6 is 15.9 Å². The Hall–Kier alpha value is -1.13. The molecule has 0 unspecified atom stereocenters. The summed E-state index contributed by atoms with van der Waals surface area (Å²) in [4.78, 5) is 0. The van der Waals surface area contributed by atoms with Crippen LogP contribution in [0.1, 0.15) is 32.0 Å². The molecule has 4 heteroatoms. The molecule has 0 spiro atoms. The third kappa shape index (κ3) is 3.91. The monoisotopic (exact) mass is 321 g/mol. The predicted molar refractivity (Wildman–Crippen MR) is 82.6 cm³/mol. The zero-order chi connectivity index (χ0) is 14.0. The summed E-state index contributed by atoms with van der Waals surface area (Å²) >= 11 is 3.55. The number of benzene rings is 1. The predicted octanol–water partition coefficient (Wildman–Crippen LogP) is 3.83. The van der Waals surface area contributed by atoms with Crippen molar-refractivity contribution in [1.82, 2.24) is 15.1 Å². The number of halogens is 1. The molecule has 1 aromatic heterocycles. The van der Waals surface area contributed by atoms with Gasteiger partial charge in [-0.3, -0.25) is 0 Å². The number of hydrogen-bond acceptors (Lipinski definition) is 2. The van der Waals surface area contributed by atoms with Gasteiger partial charge in [0.15, 0.2) is 0 Å². The van der Waals surface area contributed by atoms with Crippen molar-refractivity contribution in [1.29, 1.82) is 0 Å². The average molecular weight is 322 g/mol. The summed E-state index contributed by atoms with van der Waals surface area (Å²) in [5.74, 6) is 0. The van der Waals surface area contributed by atoms with Crippen molar-refractivity contribution in [2.75, 3.05) is 0 Å². The maximum Gasteiger partial charge on any atom is 0.0767 e. The molecule has 3 nitrogen and oxygen atoms in total. The van der Waals surface area contributed by atoms with Gasteiger partial charge in [-0.25, -0.2) is 4.68 Å². The standard InChI is InChI=1S/C15H20BrN3/c1-11-5-6-13(9-14(11)16)19-8-7-12(18-19)10-17-15(2,3)4/h5-9,17H,10H2,1-4H3. The van der Waals surface area contributed by atoms with Gasteiger partial charge < -0.3 is 5.32 Å². The maximum atomic E-state index is 4.59. The molecule has 2 rings (SSSR count). The molecule has 0 aliphatic heterocycles. The van der Waals surface area contributed by atoms with Crippen LogP contribution in [-0.4, -0.2) is 15.3 Å². The van der Waals surface area contributed by atoms with Crippen LogP contribution < -0.4 is 5.32 Å². The summed E-state index contributed by atoms with van der Waals surface area (Å²) in [7, 11) is 0. The summed E-state index contributed by atoms with van der Waals surface area (Å²) in [5, 5.41) is 8.03. The van der Waals surface area contributed by atoms with Crippen molar-refractivity contribution in [3.05, 3.63) is 46.2 Å². The van der Waals surface area contributed by atoms with Crippen LogP contribution in [0.4, 0.5) is 0 Å². The normalized spacial score (nSPS) is 11.8. The minimum atomic E-state index is 0.108. The van der Waals surface area contributed by atoms with E-state index in [1.54, 1.807) is 0 Å². The zero-order valence-corrected chi connectivity index (χ0v) is 13.5. The lowest BCUT2D eigenvalue weighted by molar-refractivity contribution is 0.420. The van der Waals surface area contributed by atoms with E-state index in [1.807, 2.05) is 16.9 Å². The van der Waals surface area contributed by atoms with Gasteiger partial charge in [0.1, 0.15) is 0 Å². The molecule has 1 aromatic carbocycles. The minimum absolute atomic E-state index is 0.108. The Morgan fingerprint density at radius 1 is 1.26 bits per heavy atom. The van der Waals surface area contributed by atoms with Crippen LogP contribution in [0.2, 0.25) is 0 Å². The van der Waals surface area contributed by atoms with E-state index in [-0.39, 0.29) is 5.54 Å². The van der Waals surface area contributed by atoms with Crippen LogP contribution in [0.25, 0.3) is 5.69 Å². The lowest BCUT2D eigenvalue weighted by Gasteiger charge is -2.19. The van der Waals surface area contributed by atoms with E-state index in [9.17, 15) is 0 Å². The van der Waals surface area contributed by atoms with Gasteiger partial charge in [-0.15, -0.1) is 0 Å². The van der Waals surface area contributed by atoms with Crippen LogP contribution in [0.5, 0.6) is 0 Å². The van der Waals surface area contributed by atoms with E-state index >= 15 is 0 Å². The second kappa shape index (κ2) is 5.47. The molecule has 0 radical (unpaired) electrons. The lowest BCUT2D eigenvalue weighted by Crippen LogP contribution is -2.35. The van der Waals surface area contributed by atoms with E-state index in [2.05, 4.69) is 72.2 Å². The number of nitrogens with one attached hydrogen (secondary N) is 1. The molecule has 0 bridgehead atoms. The third-order valence-corrected chi connectivity index (χ3v) is 3.72. The van der Waals surface area contributed by atoms with E-state index in [0.717, 1.165) is 22.4 Å². The second-order valence-corrected chi connectivity index (χ2v) is 6.64. The summed E-state index contributed by atoms with van der Waals surface area (Å²) < 4.78 is 3.01. The summed E-state index contributed by atoms with van der Waals surface area (Å²) in [6.45, 7) is 9.32. The van der Waals surface area contributed by atoms with E-state index < -0.39 is 0 Å². The van der Waals surface area contributed by atoms with E-state index in [1.165, 1.54) is 5.56 Å². The number of rotatable bonds is 3. The fraction of sp³-hybridized carbons (Fsp3) is 0.400. The fourth-order valence-corrected chi connectivity index (χ4v) is 2.05. The minimum Gasteiger partial charge on any atom is -0.306 e. The summed E-state index contributed by atoms with van der Waals surface area (Å²) in [6, 6.07) is 8.30. The number of aromatic nitrogens is 2. The van der Waals surface area contributed by atoms with Crippen molar-refractivity contribution >= 4 is 15.9 Å². The molecule has 0 amide bonds.